The van der Waals surface area contributed by atoms with Gasteiger partial charge in [-0.15, -0.1) is 0 Å². The predicted octanol–water partition coefficient (Wildman–Crippen LogP) is 0.144. The Labute approximate surface area is 134 Å². The summed E-state index contributed by atoms with van der Waals surface area (Å²) in [6.45, 7) is 2.08. The van der Waals surface area contributed by atoms with Gasteiger partial charge in [0, 0.05) is 32.5 Å². The lowest BCUT2D eigenvalue weighted by molar-refractivity contribution is -0.133. The van der Waals surface area contributed by atoms with Crippen molar-refractivity contribution in [3.63, 3.8) is 0 Å². The Kier molecular flexibility index (Phi) is 4.51. The topological polar surface area (TPSA) is 87.9 Å². The summed E-state index contributed by atoms with van der Waals surface area (Å²) in [7, 11) is 1.86. The first kappa shape index (κ1) is 15.8. The third kappa shape index (κ3) is 3.31. The maximum atomic E-state index is 12.3. The molecule has 1 unspecified atom stereocenters. The van der Waals surface area contributed by atoms with Gasteiger partial charge in [-0.3, -0.25) is 9.69 Å². The second-order valence-electron chi connectivity index (χ2n) is 6.10. The number of aromatic nitrogens is 2. The molecule has 2 amide bonds. The Morgan fingerprint density at radius 1 is 1.43 bits per heavy atom. The Morgan fingerprint density at radius 2 is 2.17 bits per heavy atom. The summed E-state index contributed by atoms with van der Waals surface area (Å²) in [4.78, 5) is 31.0. The summed E-state index contributed by atoms with van der Waals surface area (Å²) >= 11 is 0. The number of carbonyl (C=O) groups excluding carboxylic acids is 2. The van der Waals surface area contributed by atoms with Gasteiger partial charge in [-0.2, -0.15) is 0 Å². The van der Waals surface area contributed by atoms with Crippen LogP contribution in [0.5, 0.6) is 0 Å². The second-order valence-corrected chi connectivity index (χ2v) is 6.10. The molecule has 2 aliphatic heterocycles. The zero-order chi connectivity index (χ0) is 16.4. The third-order valence-electron chi connectivity index (χ3n) is 4.63. The van der Waals surface area contributed by atoms with Gasteiger partial charge in [0.25, 0.3) is 0 Å². The number of hydrogen-bond acceptors (Lipinski definition) is 5. The molecule has 2 aliphatic rings. The molecular formula is C15H22N4O4. The highest BCUT2D eigenvalue weighted by atomic mass is 16.6. The zero-order valence-corrected chi connectivity index (χ0v) is 13.2. The molecule has 23 heavy (non-hydrogen) atoms. The molecule has 0 spiro atoms. The number of imidazole rings is 1. The van der Waals surface area contributed by atoms with Crippen LogP contribution in [-0.2, 0) is 16.6 Å². The van der Waals surface area contributed by atoms with Crippen molar-refractivity contribution >= 4 is 12.0 Å². The fourth-order valence-electron chi connectivity index (χ4n) is 3.17. The Hall–Kier alpha value is -2.09. The number of ether oxygens (including phenoxy) is 1. The van der Waals surface area contributed by atoms with Crippen LogP contribution < -0.4 is 0 Å². The third-order valence-corrected chi connectivity index (χ3v) is 4.63. The lowest BCUT2D eigenvalue weighted by Gasteiger charge is -2.34. The van der Waals surface area contributed by atoms with Crippen LogP contribution >= 0.6 is 0 Å². The van der Waals surface area contributed by atoms with Gasteiger partial charge in [-0.05, 0) is 18.8 Å². The average Bonchev–Trinajstić information content (AvgIpc) is 3.15. The average molecular weight is 322 g/mol. The van der Waals surface area contributed by atoms with E-state index in [0.717, 1.165) is 12.8 Å². The second kappa shape index (κ2) is 6.57. The van der Waals surface area contributed by atoms with Crippen LogP contribution in [0.4, 0.5) is 4.79 Å². The van der Waals surface area contributed by atoms with Crippen LogP contribution in [0.1, 0.15) is 24.8 Å². The van der Waals surface area contributed by atoms with Gasteiger partial charge < -0.3 is 19.3 Å². The van der Waals surface area contributed by atoms with E-state index in [1.807, 2.05) is 17.8 Å². The molecule has 2 saturated heterocycles. The summed E-state index contributed by atoms with van der Waals surface area (Å²) in [5, 5.41) is 10.4. The van der Waals surface area contributed by atoms with Crippen molar-refractivity contribution in [2.75, 3.05) is 32.8 Å². The van der Waals surface area contributed by atoms with Crippen molar-refractivity contribution in [1.29, 1.82) is 0 Å². The number of aryl methyl sites for hydroxylation is 1. The number of rotatable bonds is 4. The highest BCUT2D eigenvalue weighted by Gasteiger charge is 2.32. The molecule has 0 saturated carbocycles. The minimum absolute atomic E-state index is 0.0613. The lowest BCUT2D eigenvalue weighted by Crippen LogP contribution is -2.45. The fraction of sp³-hybridized carbons (Fsp3) is 0.667. The number of amides is 2. The van der Waals surface area contributed by atoms with Crippen molar-refractivity contribution < 1.29 is 19.4 Å². The minimum atomic E-state index is -0.610. The van der Waals surface area contributed by atoms with Gasteiger partial charge in [0.2, 0.25) is 5.91 Å². The van der Waals surface area contributed by atoms with Gasteiger partial charge >= 0.3 is 6.09 Å². The van der Waals surface area contributed by atoms with Crippen molar-refractivity contribution in [3.8, 4) is 0 Å². The Bertz CT molecular complexity index is 580. The SMILES string of the molecule is Cn1ccnc1C(O)C1CCN(C(=O)CN2CCOC2=O)CC1. The molecule has 2 fully saturated rings. The van der Waals surface area contributed by atoms with Crippen LogP contribution in [0.15, 0.2) is 12.4 Å². The molecule has 1 atom stereocenters. The van der Waals surface area contributed by atoms with Crippen LogP contribution in [-0.4, -0.2) is 69.2 Å². The Balaban J connectivity index is 1.51. The number of nitrogens with zero attached hydrogens (tertiary/aromatic N) is 4. The summed E-state index contributed by atoms with van der Waals surface area (Å²) in [5.74, 6) is 0.695. The number of cyclic esters (lactones) is 1. The molecule has 0 radical (unpaired) electrons. The first-order valence-electron chi connectivity index (χ1n) is 7.91. The normalized spacial score (nSPS) is 20.7. The minimum Gasteiger partial charge on any atom is -0.448 e. The highest BCUT2D eigenvalue weighted by Crippen LogP contribution is 2.29. The summed E-state index contributed by atoms with van der Waals surface area (Å²) in [6, 6.07) is 0. The van der Waals surface area contributed by atoms with E-state index in [1.54, 1.807) is 11.1 Å². The largest absolute Gasteiger partial charge is 0.448 e. The molecule has 0 aromatic carbocycles. The van der Waals surface area contributed by atoms with E-state index in [0.29, 0.717) is 32.1 Å². The molecule has 1 aromatic rings. The molecule has 1 aromatic heterocycles. The first-order valence-corrected chi connectivity index (χ1v) is 7.91. The number of aliphatic hydroxyl groups is 1. The number of aliphatic hydroxyl groups excluding tert-OH is 1. The van der Waals surface area contributed by atoms with Crippen LogP contribution in [0.3, 0.4) is 0 Å². The molecule has 3 rings (SSSR count). The molecule has 8 heteroatoms. The summed E-state index contributed by atoms with van der Waals surface area (Å²) in [5.41, 5.74) is 0. The fourth-order valence-corrected chi connectivity index (χ4v) is 3.17. The van der Waals surface area contributed by atoms with E-state index in [4.69, 9.17) is 4.74 Å². The van der Waals surface area contributed by atoms with Gasteiger partial charge in [0.1, 0.15) is 25.1 Å². The molecule has 0 aliphatic carbocycles. The number of hydrogen-bond donors (Lipinski definition) is 1. The van der Waals surface area contributed by atoms with E-state index in [-0.39, 0.29) is 18.4 Å². The molecule has 126 valence electrons. The van der Waals surface area contributed by atoms with Crippen molar-refractivity contribution in [1.82, 2.24) is 19.4 Å². The maximum Gasteiger partial charge on any atom is 0.410 e. The summed E-state index contributed by atoms with van der Waals surface area (Å²) in [6.07, 6.45) is 3.91. The zero-order valence-electron chi connectivity index (χ0n) is 13.2. The first-order chi connectivity index (χ1) is 11.1. The van der Waals surface area contributed by atoms with Crippen LogP contribution in [0.25, 0.3) is 0 Å². The van der Waals surface area contributed by atoms with E-state index in [1.165, 1.54) is 4.90 Å². The molecule has 1 N–H and O–H groups in total. The van der Waals surface area contributed by atoms with Crippen LogP contribution in [0.2, 0.25) is 0 Å². The number of piperidine rings is 1. The van der Waals surface area contributed by atoms with Gasteiger partial charge in [0.05, 0.1) is 6.54 Å². The number of likely N-dealkylation sites (tertiary alicyclic amines) is 1. The van der Waals surface area contributed by atoms with Gasteiger partial charge in [-0.1, -0.05) is 0 Å². The van der Waals surface area contributed by atoms with Crippen molar-refractivity contribution in [3.05, 3.63) is 18.2 Å². The quantitative estimate of drug-likeness (QED) is 0.852. The van der Waals surface area contributed by atoms with E-state index in [9.17, 15) is 14.7 Å². The number of carbonyl (C=O) groups is 2. The van der Waals surface area contributed by atoms with E-state index < -0.39 is 12.2 Å². The predicted molar refractivity (Wildman–Crippen MR) is 80.4 cm³/mol. The Morgan fingerprint density at radius 3 is 2.74 bits per heavy atom. The van der Waals surface area contributed by atoms with Crippen molar-refractivity contribution in [2.24, 2.45) is 13.0 Å². The van der Waals surface area contributed by atoms with Gasteiger partial charge in [-0.25, -0.2) is 9.78 Å². The van der Waals surface area contributed by atoms with Crippen molar-refractivity contribution in [2.45, 2.75) is 18.9 Å². The molecule has 0 bridgehead atoms. The maximum absolute atomic E-state index is 12.3. The van der Waals surface area contributed by atoms with E-state index in [2.05, 4.69) is 4.98 Å². The van der Waals surface area contributed by atoms with Crippen LogP contribution in [0, 0.1) is 5.92 Å². The molecular weight excluding hydrogens is 300 g/mol. The molecule has 3 heterocycles. The van der Waals surface area contributed by atoms with Gasteiger partial charge in [0.15, 0.2) is 0 Å². The summed E-state index contributed by atoms with van der Waals surface area (Å²) < 4.78 is 6.65. The standard InChI is InChI=1S/C15H22N4O4/c1-17-7-4-16-14(17)13(21)11-2-5-18(6-3-11)12(20)10-19-8-9-23-15(19)22/h4,7,11,13,21H,2-3,5-6,8-10H2,1H3. The molecule has 8 nitrogen and oxygen atoms in total. The monoisotopic (exact) mass is 322 g/mol. The highest BCUT2D eigenvalue weighted by molar-refractivity contribution is 5.82. The smallest absolute Gasteiger partial charge is 0.410 e. The van der Waals surface area contributed by atoms with E-state index >= 15 is 0 Å². The lowest BCUT2D eigenvalue weighted by atomic mass is 9.90.